The van der Waals surface area contributed by atoms with Crippen LogP contribution in [0.1, 0.15) is 23.6 Å². The van der Waals surface area contributed by atoms with E-state index in [0.717, 1.165) is 6.54 Å². The summed E-state index contributed by atoms with van der Waals surface area (Å²) >= 11 is 0. The van der Waals surface area contributed by atoms with Crippen molar-refractivity contribution < 1.29 is 9.53 Å². The van der Waals surface area contributed by atoms with E-state index in [1.807, 2.05) is 11.8 Å². The highest BCUT2D eigenvalue weighted by molar-refractivity contribution is 5.81. The van der Waals surface area contributed by atoms with Crippen molar-refractivity contribution in [1.82, 2.24) is 10.2 Å². The van der Waals surface area contributed by atoms with Crippen molar-refractivity contribution in [2.75, 3.05) is 26.3 Å². The second-order valence-corrected chi connectivity index (χ2v) is 5.54. The molecule has 0 aliphatic carbocycles. The predicted molar refractivity (Wildman–Crippen MR) is 79.6 cm³/mol. The van der Waals surface area contributed by atoms with Crippen LogP contribution in [-0.4, -0.2) is 43.2 Å². The molecule has 1 fully saturated rings. The van der Waals surface area contributed by atoms with E-state index in [-0.39, 0.29) is 11.9 Å². The summed E-state index contributed by atoms with van der Waals surface area (Å²) in [4.78, 5) is 14.1. The van der Waals surface area contributed by atoms with Gasteiger partial charge in [-0.1, -0.05) is 29.3 Å². The van der Waals surface area contributed by atoms with Gasteiger partial charge in [-0.15, -0.1) is 0 Å². The Morgan fingerprint density at radius 1 is 1.25 bits per heavy atom. The molecule has 1 aromatic carbocycles. The predicted octanol–water partition coefficient (Wildman–Crippen LogP) is 1.64. The summed E-state index contributed by atoms with van der Waals surface area (Å²) in [7, 11) is 0. The highest BCUT2D eigenvalue weighted by Crippen LogP contribution is 2.09. The average Bonchev–Trinajstić information content (AvgIpc) is 2.44. The van der Waals surface area contributed by atoms with Gasteiger partial charge in [0, 0.05) is 19.6 Å². The van der Waals surface area contributed by atoms with Crippen LogP contribution in [0.5, 0.6) is 0 Å². The molecule has 0 aromatic heterocycles. The summed E-state index contributed by atoms with van der Waals surface area (Å²) < 4.78 is 5.27. The SMILES string of the molecule is Cc1cc(C)cc(CNC(C)C(=O)N2CCOCC2)c1. The normalized spacial score (nSPS) is 17.1. The molecule has 4 heteroatoms. The number of rotatable bonds is 4. The first-order chi connectivity index (χ1) is 9.56. The molecule has 0 spiro atoms. The second-order valence-electron chi connectivity index (χ2n) is 5.54. The number of carbonyl (C=O) groups excluding carboxylic acids is 1. The zero-order valence-electron chi connectivity index (χ0n) is 12.6. The molecular formula is C16H24N2O2. The van der Waals surface area contributed by atoms with Gasteiger partial charge in [-0.3, -0.25) is 4.79 Å². The van der Waals surface area contributed by atoms with Crippen molar-refractivity contribution in [2.45, 2.75) is 33.4 Å². The third kappa shape index (κ3) is 4.05. The summed E-state index contributed by atoms with van der Waals surface area (Å²) in [6.45, 7) is 9.55. The zero-order valence-corrected chi connectivity index (χ0v) is 12.6. The zero-order chi connectivity index (χ0) is 14.5. The molecule has 1 aliphatic heterocycles. The fourth-order valence-corrected chi connectivity index (χ4v) is 2.59. The minimum Gasteiger partial charge on any atom is -0.378 e. The molecule has 4 nitrogen and oxygen atoms in total. The third-order valence-corrected chi connectivity index (χ3v) is 3.59. The first-order valence-electron chi connectivity index (χ1n) is 7.23. The van der Waals surface area contributed by atoms with Gasteiger partial charge in [-0.25, -0.2) is 0 Å². The number of carbonyl (C=O) groups is 1. The maximum atomic E-state index is 12.3. The molecule has 1 saturated heterocycles. The Morgan fingerprint density at radius 3 is 2.45 bits per heavy atom. The van der Waals surface area contributed by atoms with E-state index in [0.29, 0.717) is 26.3 Å². The van der Waals surface area contributed by atoms with Crippen LogP contribution in [0.25, 0.3) is 0 Å². The van der Waals surface area contributed by atoms with Crippen LogP contribution in [0.4, 0.5) is 0 Å². The molecule has 1 heterocycles. The first-order valence-corrected chi connectivity index (χ1v) is 7.23. The molecule has 110 valence electrons. The van der Waals surface area contributed by atoms with Crippen molar-refractivity contribution in [2.24, 2.45) is 0 Å². The van der Waals surface area contributed by atoms with Crippen LogP contribution in [0.2, 0.25) is 0 Å². The summed E-state index contributed by atoms with van der Waals surface area (Å²) in [6.07, 6.45) is 0. The maximum absolute atomic E-state index is 12.3. The largest absolute Gasteiger partial charge is 0.378 e. The Balaban J connectivity index is 1.87. The third-order valence-electron chi connectivity index (χ3n) is 3.59. The van der Waals surface area contributed by atoms with Gasteiger partial charge >= 0.3 is 0 Å². The molecule has 1 aromatic rings. The van der Waals surface area contributed by atoms with Gasteiger partial charge in [0.05, 0.1) is 19.3 Å². The van der Waals surface area contributed by atoms with Crippen LogP contribution in [0, 0.1) is 13.8 Å². The van der Waals surface area contributed by atoms with Crippen molar-refractivity contribution in [1.29, 1.82) is 0 Å². The molecule has 1 unspecified atom stereocenters. The Kier molecular flexibility index (Phi) is 5.15. The monoisotopic (exact) mass is 276 g/mol. The lowest BCUT2D eigenvalue weighted by molar-refractivity contribution is -0.137. The summed E-state index contributed by atoms with van der Waals surface area (Å²) in [5, 5.41) is 3.32. The van der Waals surface area contributed by atoms with Crippen LogP contribution in [0.15, 0.2) is 18.2 Å². The lowest BCUT2D eigenvalue weighted by Crippen LogP contribution is -2.49. The molecule has 2 rings (SSSR count). The topological polar surface area (TPSA) is 41.6 Å². The Hall–Kier alpha value is -1.39. The number of aryl methyl sites for hydroxylation is 2. The average molecular weight is 276 g/mol. The van der Waals surface area contributed by atoms with Crippen LogP contribution < -0.4 is 5.32 Å². The number of hydrogen-bond acceptors (Lipinski definition) is 3. The van der Waals surface area contributed by atoms with Crippen molar-refractivity contribution in [3.05, 3.63) is 34.9 Å². The molecule has 1 amide bonds. The highest BCUT2D eigenvalue weighted by Gasteiger charge is 2.21. The quantitative estimate of drug-likeness (QED) is 0.909. The standard InChI is InChI=1S/C16H24N2O2/c1-12-8-13(2)10-15(9-12)11-17-14(3)16(19)18-4-6-20-7-5-18/h8-10,14,17H,4-7,11H2,1-3H3. The van der Waals surface area contributed by atoms with Crippen molar-refractivity contribution in [3.8, 4) is 0 Å². The van der Waals surface area contributed by atoms with Crippen LogP contribution >= 0.6 is 0 Å². The number of nitrogens with one attached hydrogen (secondary N) is 1. The summed E-state index contributed by atoms with van der Waals surface area (Å²) in [5.74, 6) is 0.165. The number of morpholine rings is 1. The fourth-order valence-electron chi connectivity index (χ4n) is 2.59. The second kappa shape index (κ2) is 6.86. The number of ether oxygens (including phenoxy) is 1. The lowest BCUT2D eigenvalue weighted by atomic mass is 10.1. The van der Waals surface area contributed by atoms with Gasteiger partial charge in [0.25, 0.3) is 0 Å². The van der Waals surface area contributed by atoms with E-state index in [2.05, 4.69) is 37.4 Å². The highest BCUT2D eigenvalue weighted by atomic mass is 16.5. The summed E-state index contributed by atoms with van der Waals surface area (Å²) in [5.41, 5.74) is 3.74. The summed E-state index contributed by atoms with van der Waals surface area (Å²) in [6, 6.07) is 6.32. The number of nitrogens with zero attached hydrogens (tertiary/aromatic N) is 1. The van der Waals surface area contributed by atoms with E-state index in [1.54, 1.807) is 0 Å². The minimum atomic E-state index is -0.158. The molecule has 0 radical (unpaired) electrons. The Bertz CT molecular complexity index is 447. The van der Waals surface area contributed by atoms with Gasteiger partial charge in [0.1, 0.15) is 0 Å². The Morgan fingerprint density at radius 2 is 1.85 bits per heavy atom. The molecule has 20 heavy (non-hydrogen) atoms. The van der Waals surface area contributed by atoms with Gasteiger partial charge in [0.2, 0.25) is 5.91 Å². The van der Waals surface area contributed by atoms with Gasteiger partial charge in [0.15, 0.2) is 0 Å². The van der Waals surface area contributed by atoms with Gasteiger partial charge in [-0.05, 0) is 26.3 Å². The Labute approximate surface area is 121 Å². The van der Waals surface area contributed by atoms with E-state index in [1.165, 1.54) is 16.7 Å². The number of hydrogen-bond donors (Lipinski definition) is 1. The van der Waals surface area contributed by atoms with E-state index >= 15 is 0 Å². The molecule has 1 atom stereocenters. The van der Waals surface area contributed by atoms with Crippen LogP contribution in [-0.2, 0) is 16.1 Å². The molecule has 1 N–H and O–H groups in total. The van der Waals surface area contributed by atoms with Crippen molar-refractivity contribution >= 4 is 5.91 Å². The van der Waals surface area contributed by atoms with E-state index < -0.39 is 0 Å². The number of amides is 1. The van der Waals surface area contributed by atoms with E-state index in [9.17, 15) is 4.79 Å². The minimum absolute atomic E-state index is 0.158. The van der Waals surface area contributed by atoms with Gasteiger partial charge < -0.3 is 15.0 Å². The molecule has 1 aliphatic rings. The molecule has 0 bridgehead atoms. The van der Waals surface area contributed by atoms with E-state index in [4.69, 9.17) is 4.74 Å². The smallest absolute Gasteiger partial charge is 0.239 e. The van der Waals surface area contributed by atoms with Crippen LogP contribution in [0.3, 0.4) is 0 Å². The molecule has 0 saturated carbocycles. The lowest BCUT2D eigenvalue weighted by Gasteiger charge is -2.29. The van der Waals surface area contributed by atoms with Crippen molar-refractivity contribution in [3.63, 3.8) is 0 Å². The van der Waals surface area contributed by atoms with Gasteiger partial charge in [-0.2, -0.15) is 0 Å². The molecular weight excluding hydrogens is 252 g/mol. The maximum Gasteiger partial charge on any atom is 0.239 e. The number of benzene rings is 1. The first kappa shape index (κ1) is 15.0. The fraction of sp³-hybridized carbons (Fsp3) is 0.562.